The lowest BCUT2D eigenvalue weighted by Crippen LogP contribution is -2.46. The lowest BCUT2D eigenvalue weighted by atomic mass is 9.94. The normalized spacial score (nSPS) is 16.4. The summed E-state index contributed by atoms with van der Waals surface area (Å²) in [5.74, 6) is 0.622. The summed E-state index contributed by atoms with van der Waals surface area (Å²) < 4.78 is 5.57. The topological polar surface area (TPSA) is 38.3 Å². The molecule has 0 spiro atoms. The van der Waals surface area contributed by atoms with E-state index in [0.29, 0.717) is 18.9 Å². The summed E-state index contributed by atoms with van der Waals surface area (Å²) in [6.45, 7) is 13.2. The van der Waals surface area contributed by atoms with Crippen molar-refractivity contribution < 1.29 is 9.53 Å². The second-order valence-corrected chi connectivity index (χ2v) is 5.85. The van der Waals surface area contributed by atoms with Gasteiger partial charge in [0.15, 0.2) is 0 Å². The highest BCUT2D eigenvalue weighted by molar-refractivity contribution is 5.76. The number of amides is 1. The second-order valence-electron chi connectivity index (χ2n) is 5.85. The van der Waals surface area contributed by atoms with Crippen LogP contribution in [0.15, 0.2) is 0 Å². The van der Waals surface area contributed by atoms with Crippen molar-refractivity contribution in [1.29, 1.82) is 0 Å². The van der Waals surface area contributed by atoms with Gasteiger partial charge < -0.3 is 10.1 Å². The average molecular weight is 257 g/mol. The van der Waals surface area contributed by atoms with Gasteiger partial charge in [0, 0.05) is 18.6 Å². The van der Waals surface area contributed by atoms with Gasteiger partial charge in [-0.15, -0.1) is 0 Å². The smallest absolute Gasteiger partial charge is 0.220 e. The van der Waals surface area contributed by atoms with Crippen molar-refractivity contribution in [3.05, 3.63) is 0 Å². The van der Waals surface area contributed by atoms with Crippen LogP contribution in [-0.2, 0) is 9.53 Å². The van der Waals surface area contributed by atoms with Gasteiger partial charge in [-0.3, -0.25) is 4.79 Å². The first kappa shape index (κ1) is 17.4. The van der Waals surface area contributed by atoms with Crippen LogP contribution in [0.2, 0.25) is 0 Å². The summed E-state index contributed by atoms with van der Waals surface area (Å²) >= 11 is 0. The van der Waals surface area contributed by atoms with Crippen molar-refractivity contribution in [1.82, 2.24) is 5.32 Å². The molecule has 18 heavy (non-hydrogen) atoms. The van der Waals surface area contributed by atoms with Gasteiger partial charge in [-0.1, -0.05) is 27.2 Å². The maximum atomic E-state index is 11.9. The van der Waals surface area contributed by atoms with Gasteiger partial charge in [-0.25, -0.2) is 0 Å². The number of ether oxygens (including phenoxy) is 1. The van der Waals surface area contributed by atoms with Gasteiger partial charge in [-0.05, 0) is 39.5 Å². The molecule has 1 amide bonds. The summed E-state index contributed by atoms with van der Waals surface area (Å²) in [7, 11) is 0. The van der Waals surface area contributed by atoms with Crippen LogP contribution in [0, 0.1) is 5.92 Å². The Hall–Kier alpha value is -0.570. The van der Waals surface area contributed by atoms with Crippen LogP contribution in [0.3, 0.4) is 0 Å². The van der Waals surface area contributed by atoms with Crippen LogP contribution >= 0.6 is 0 Å². The number of hydrogen-bond donors (Lipinski definition) is 1. The fraction of sp³-hybridized carbons (Fsp3) is 0.933. The highest BCUT2D eigenvalue weighted by Crippen LogP contribution is 2.16. The number of carbonyl (C=O) groups excluding carboxylic acids is 1. The summed E-state index contributed by atoms with van der Waals surface area (Å²) in [5.41, 5.74) is -0.139. The first-order valence-electron chi connectivity index (χ1n) is 7.25. The molecule has 0 aliphatic carbocycles. The summed E-state index contributed by atoms with van der Waals surface area (Å²) in [5, 5.41) is 3.16. The molecule has 0 aromatic heterocycles. The molecule has 0 rings (SSSR count). The van der Waals surface area contributed by atoms with Crippen LogP contribution < -0.4 is 5.32 Å². The molecule has 3 nitrogen and oxygen atoms in total. The molecule has 0 radical (unpaired) electrons. The molecule has 108 valence electrons. The standard InChI is InChI=1S/C15H31NO2/c1-7-13(5)11-14(17)16-15(6,8-2)9-10-18-12(3)4/h12-13H,7-11H2,1-6H3,(H,16,17). The van der Waals surface area contributed by atoms with Crippen molar-refractivity contribution in [2.75, 3.05) is 6.61 Å². The Bertz CT molecular complexity index is 241. The van der Waals surface area contributed by atoms with Crippen molar-refractivity contribution in [2.45, 2.75) is 78.9 Å². The van der Waals surface area contributed by atoms with Crippen LogP contribution in [0.1, 0.15) is 67.2 Å². The van der Waals surface area contributed by atoms with Gasteiger partial charge in [0.2, 0.25) is 5.91 Å². The molecule has 1 N–H and O–H groups in total. The first-order chi connectivity index (χ1) is 8.33. The van der Waals surface area contributed by atoms with Crippen LogP contribution in [0.4, 0.5) is 0 Å². The molecule has 0 aliphatic rings. The minimum Gasteiger partial charge on any atom is -0.379 e. The molecule has 0 fully saturated rings. The van der Waals surface area contributed by atoms with Gasteiger partial charge in [0.05, 0.1) is 6.10 Å². The van der Waals surface area contributed by atoms with E-state index >= 15 is 0 Å². The Labute approximate surface area is 113 Å². The molecule has 0 aliphatic heterocycles. The molecule has 0 aromatic carbocycles. The molecule has 3 heteroatoms. The Kier molecular flexibility index (Phi) is 8.25. The average Bonchev–Trinajstić information content (AvgIpc) is 2.27. The minimum atomic E-state index is -0.139. The Morgan fingerprint density at radius 3 is 2.33 bits per heavy atom. The molecule has 0 bridgehead atoms. The van der Waals surface area contributed by atoms with Crippen LogP contribution in [-0.4, -0.2) is 24.2 Å². The zero-order valence-corrected chi connectivity index (χ0v) is 13.0. The maximum Gasteiger partial charge on any atom is 0.220 e. The highest BCUT2D eigenvalue weighted by Gasteiger charge is 2.24. The predicted octanol–water partition coefficient (Wildman–Crippen LogP) is 3.52. The Morgan fingerprint density at radius 2 is 1.89 bits per heavy atom. The van der Waals surface area contributed by atoms with Crippen molar-refractivity contribution in [3.8, 4) is 0 Å². The molecule has 0 heterocycles. The van der Waals surface area contributed by atoms with E-state index < -0.39 is 0 Å². The van der Waals surface area contributed by atoms with Gasteiger partial charge in [0.25, 0.3) is 0 Å². The predicted molar refractivity (Wildman–Crippen MR) is 76.6 cm³/mol. The molecule has 0 aromatic rings. The Morgan fingerprint density at radius 1 is 1.28 bits per heavy atom. The van der Waals surface area contributed by atoms with Gasteiger partial charge in [-0.2, -0.15) is 0 Å². The molecular weight excluding hydrogens is 226 g/mol. The molecule has 0 saturated heterocycles. The third-order valence-electron chi connectivity index (χ3n) is 3.56. The zero-order chi connectivity index (χ0) is 14.2. The number of rotatable bonds is 9. The van der Waals surface area contributed by atoms with E-state index in [9.17, 15) is 4.79 Å². The molecule has 0 saturated carbocycles. The SMILES string of the molecule is CCC(C)CC(=O)NC(C)(CC)CCOC(C)C. The largest absolute Gasteiger partial charge is 0.379 e. The summed E-state index contributed by atoms with van der Waals surface area (Å²) in [6, 6.07) is 0. The first-order valence-corrected chi connectivity index (χ1v) is 7.25. The Balaban J connectivity index is 4.16. The quantitative estimate of drug-likeness (QED) is 0.686. The fourth-order valence-electron chi connectivity index (χ4n) is 1.70. The van der Waals surface area contributed by atoms with E-state index in [2.05, 4.69) is 33.0 Å². The molecular formula is C15H31NO2. The van der Waals surface area contributed by atoms with E-state index in [-0.39, 0.29) is 17.6 Å². The fourth-order valence-corrected chi connectivity index (χ4v) is 1.70. The molecule has 2 atom stereocenters. The van der Waals surface area contributed by atoms with Crippen molar-refractivity contribution in [3.63, 3.8) is 0 Å². The van der Waals surface area contributed by atoms with Crippen LogP contribution in [0.5, 0.6) is 0 Å². The number of carbonyl (C=O) groups is 1. The number of nitrogens with one attached hydrogen (secondary N) is 1. The zero-order valence-electron chi connectivity index (χ0n) is 13.0. The van der Waals surface area contributed by atoms with Gasteiger partial charge >= 0.3 is 0 Å². The van der Waals surface area contributed by atoms with E-state index in [1.807, 2.05) is 13.8 Å². The summed E-state index contributed by atoms with van der Waals surface area (Å²) in [4.78, 5) is 11.9. The van der Waals surface area contributed by atoms with Crippen molar-refractivity contribution >= 4 is 5.91 Å². The lowest BCUT2D eigenvalue weighted by molar-refractivity contribution is -0.124. The molecule has 2 unspecified atom stereocenters. The van der Waals surface area contributed by atoms with E-state index in [1.54, 1.807) is 0 Å². The van der Waals surface area contributed by atoms with E-state index in [4.69, 9.17) is 4.74 Å². The van der Waals surface area contributed by atoms with E-state index in [1.165, 1.54) is 0 Å². The summed E-state index contributed by atoms with van der Waals surface area (Å²) in [6.07, 6.45) is 3.72. The highest BCUT2D eigenvalue weighted by atomic mass is 16.5. The third kappa shape index (κ3) is 7.70. The van der Waals surface area contributed by atoms with Gasteiger partial charge in [0.1, 0.15) is 0 Å². The number of hydrogen-bond acceptors (Lipinski definition) is 2. The van der Waals surface area contributed by atoms with Crippen molar-refractivity contribution in [2.24, 2.45) is 5.92 Å². The monoisotopic (exact) mass is 257 g/mol. The second kappa shape index (κ2) is 8.52. The third-order valence-corrected chi connectivity index (χ3v) is 3.56. The maximum absolute atomic E-state index is 11.9. The minimum absolute atomic E-state index is 0.139. The van der Waals surface area contributed by atoms with Crippen LogP contribution in [0.25, 0.3) is 0 Å². The van der Waals surface area contributed by atoms with E-state index in [0.717, 1.165) is 19.3 Å². The lowest BCUT2D eigenvalue weighted by Gasteiger charge is -2.30.